The van der Waals surface area contributed by atoms with E-state index in [1.165, 1.54) is 11.6 Å². The number of nitrogens with zero attached hydrogens (tertiary/aromatic N) is 3. The minimum atomic E-state index is -4.98. The minimum absolute atomic E-state index is 0.0989. The molecule has 0 amide bonds. The van der Waals surface area contributed by atoms with E-state index in [2.05, 4.69) is 10.3 Å². The molecule has 0 aliphatic rings. The van der Waals surface area contributed by atoms with Crippen molar-refractivity contribution in [2.75, 3.05) is 5.32 Å². The van der Waals surface area contributed by atoms with Crippen molar-refractivity contribution in [3.05, 3.63) is 68.8 Å². The van der Waals surface area contributed by atoms with Crippen LogP contribution in [0.4, 0.5) is 20.2 Å². The summed E-state index contributed by atoms with van der Waals surface area (Å²) < 4.78 is 49.8. The van der Waals surface area contributed by atoms with Gasteiger partial charge in [-0.3, -0.25) is 19.5 Å². The fourth-order valence-corrected chi connectivity index (χ4v) is 3.43. The molecule has 3 rings (SSSR count). The number of sulfone groups is 1. The van der Waals surface area contributed by atoms with Gasteiger partial charge < -0.3 is 5.32 Å². The summed E-state index contributed by atoms with van der Waals surface area (Å²) in [5.41, 5.74) is -0.663. The normalized spacial score (nSPS) is 11.7. The number of nitrogens with one attached hydrogen (secondary N) is 1. The van der Waals surface area contributed by atoms with E-state index in [9.17, 15) is 32.1 Å². The number of hydrogen-bond acceptors (Lipinski definition) is 7. The van der Waals surface area contributed by atoms with Gasteiger partial charge in [0.25, 0.3) is 11.2 Å². The van der Waals surface area contributed by atoms with Gasteiger partial charge in [0, 0.05) is 13.1 Å². The Labute approximate surface area is 162 Å². The standard InChI is InChI=1S/C17H14F2N4O5S/c1-22-15(21-12-5-3-2-4-11(12)16(22)24)9-20-13-7-6-10(8-14(13)23(25)26)29(27,28)17(18)19/h2-8,17,20H,9H2,1H3. The Morgan fingerprint density at radius 3 is 2.59 bits per heavy atom. The number of aromatic nitrogens is 2. The second-order valence-corrected chi connectivity index (χ2v) is 7.92. The van der Waals surface area contributed by atoms with Gasteiger partial charge in [-0.1, -0.05) is 12.1 Å². The van der Waals surface area contributed by atoms with Crippen LogP contribution in [0, 0.1) is 10.1 Å². The van der Waals surface area contributed by atoms with E-state index in [4.69, 9.17) is 0 Å². The lowest BCUT2D eigenvalue weighted by Crippen LogP contribution is -2.24. The van der Waals surface area contributed by atoms with E-state index in [0.717, 1.165) is 12.1 Å². The Bertz CT molecular complexity index is 1270. The summed E-state index contributed by atoms with van der Waals surface area (Å²) in [6.07, 6.45) is 0. The molecule has 1 heterocycles. The van der Waals surface area contributed by atoms with Gasteiger partial charge in [0.1, 0.15) is 11.5 Å². The quantitative estimate of drug-likeness (QED) is 0.476. The highest BCUT2D eigenvalue weighted by molar-refractivity contribution is 7.91. The van der Waals surface area contributed by atoms with Gasteiger partial charge in [0.05, 0.1) is 27.3 Å². The lowest BCUT2D eigenvalue weighted by atomic mass is 10.2. The fourth-order valence-electron chi connectivity index (χ4n) is 2.69. The molecular formula is C17H14F2N4O5S. The number of halogens is 2. The molecule has 0 saturated carbocycles. The maximum Gasteiger partial charge on any atom is 0.341 e. The number of alkyl halides is 2. The van der Waals surface area contributed by atoms with Gasteiger partial charge >= 0.3 is 5.76 Å². The first kappa shape index (κ1) is 20.3. The van der Waals surface area contributed by atoms with Crippen molar-refractivity contribution < 1.29 is 22.1 Å². The molecule has 29 heavy (non-hydrogen) atoms. The van der Waals surface area contributed by atoms with E-state index in [1.54, 1.807) is 24.3 Å². The second kappa shape index (κ2) is 7.54. The molecule has 2 aromatic carbocycles. The molecule has 0 unspecified atom stereocenters. The Balaban J connectivity index is 1.97. The van der Waals surface area contributed by atoms with Crippen LogP contribution in [-0.2, 0) is 23.4 Å². The van der Waals surface area contributed by atoms with Crippen molar-refractivity contribution in [3.63, 3.8) is 0 Å². The van der Waals surface area contributed by atoms with Crippen molar-refractivity contribution >= 4 is 32.1 Å². The van der Waals surface area contributed by atoms with Gasteiger partial charge in [-0.05, 0) is 24.3 Å². The number of benzene rings is 2. The van der Waals surface area contributed by atoms with Gasteiger partial charge in [-0.15, -0.1) is 0 Å². The predicted octanol–water partition coefficient (Wildman–Crippen LogP) is 2.45. The molecule has 152 valence electrons. The first-order valence-corrected chi connectivity index (χ1v) is 9.66. The minimum Gasteiger partial charge on any atom is -0.372 e. The van der Waals surface area contributed by atoms with Crippen LogP contribution in [0.3, 0.4) is 0 Å². The molecule has 1 aromatic heterocycles. The van der Waals surface area contributed by atoms with Crippen LogP contribution in [-0.4, -0.2) is 28.6 Å². The van der Waals surface area contributed by atoms with Crippen LogP contribution in [0.25, 0.3) is 10.9 Å². The van der Waals surface area contributed by atoms with E-state index in [1.807, 2.05) is 0 Å². The highest BCUT2D eigenvalue weighted by Gasteiger charge is 2.29. The van der Waals surface area contributed by atoms with Crippen molar-refractivity contribution in [1.29, 1.82) is 0 Å². The average Bonchev–Trinajstić information content (AvgIpc) is 2.69. The molecule has 0 spiro atoms. The predicted molar refractivity (Wildman–Crippen MR) is 101 cm³/mol. The number of rotatable bonds is 6. The molecule has 0 bridgehead atoms. The van der Waals surface area contributed by atoms with Gasteiger partial charge in [0.15, 0.2) is 0 Å². The zero-order valence-electron chi connectivity index (χ0n) is 14.9. The topological polar surface area (TPSA) is 124 Å². The van der Waals surface area contributed by atoms with Crippen LogP contribution in [0.2, 0.25) is 0 Å². The Hall–Kier alpha value is -3.41. The number of anilines is 1. The summed E-state index contributed by atoms with van der Waals surface area (Å²) >= 11 is 0. The number of nitro groups is 1. The van der Waals surface area contributed by atoms with Crippen LogP contribution >= 0.6 is 0 Å². The number of hydrogen-bond donors (Lipinski definition) is 1. The average molecular weight is 424 g/mol. The van der Waals surface area contributed by atoms with E-state index < -0.39 is 31.1 Å². The van der Waals surface area contributed by atoms with Gasteiger partial charge in [0.2, 0.25) is 9.84 Å². The maximum absolute atomic E-state index is 12.7. The Morgan fingerprint density at radius 2 is 1.93 bits per heavy atom. The van der Waals surface area contributed by atoms with Crippen molar-refractivity contribution in [1.82, 2.24) is 9.55 Å². The number of nitro benzene ring substituents is 1. The number of fused-ring (bicyclic) bond motifs is 1. The molecule has 9 nitrogen and oxygen atoms in total. The van der Waals surface area contributed by atoms with Gasteiger partial charge in [-0.25, -0.2) is 13.4 Å². The maximum atomic E-state index is 12.7. The van der Waals surface area contributed by atoms with E-state index in [0.29, 0.717) is 17.0 Å². The summed E-state index contributed by atoms with van der Waals surface area (Å²) in [5, 5.41) is 14.4. The third-order valence-corrected chi connectivity index (χ3v) is 5.62. The first-order chi connectivity index (χ1) is 13.6. The molecule has 0 aliphatic heterocycles. The second-order valence-electron chi connectivity index (χ2n) is 6.00. The van der Waals surface area contributed by atoms with Crippen molar-refractivity contribution in [2.24, 2.45) is 7.05 Å². The molecule has 0 atom stereocenters. The van der Waals surface area contributed by atoms with E-state index >= 15 is 0 Å². The monoisotopic (exact) mass is 424 g/mol. The fraction of sp³-hybridized carbons (Fsp3) is 0.176. The van der Waals surface area contributed by atoms with E-state index in [-0.39, 0.29) is 23.6 Å². The van der Waals surface area contributed by atoms with Crippen LogP contribution in [0.15, 0.2) is 52.2 Å². The van der Waals surface area contributed by atoms with Crippen LogP contribution < -0.4 is 10.9 Å². The molecule has 0 saturated heterocycles. The molecule has 3 aromatic rings. The highest BCUT2D eigenvalue weighted by Crippen LogP contribution is 2.30. The zero-order valence-corrected chi connectivity index (χ0v) is 15.7. The lowest BCUT2D eigenvalue weighted by Gasteiger charge is -2.12. The summed E-state index contributed by atoms with van der Waals surface area (Å²) in [4.78, 5) is 26.3. The molecule has 0 fully saturated rings. The zero-order chi connectivity index (χ0) is 21.3. The highest BCUT2D eigenvalue weighted by atomic mass is 32.2. The third-order valence-electron chi connectivity index (χ3n) is 4.24. The summed E-state index contributed by atoms with van der Waals surface area (Å²) in [6.45, 7) is -0.0989. The molecule has 12 heteroatoms. The SMILES string of the molecule is Cn1c(CNc2ccc(S(=O)(=O)C(F)F)cc2[N+](=O)[O-])nc2ccccc2c1=O. The smallest absolute Gasteiger partial charge is 0.341 e. The van der Waals surface area contributed by atoms with Crippen LogP contribution in [0.5, 0.6) is 0 Å². The molecule has 0 aliphatic carbocycles. The number of para-hydroxylation sites is 1. The molecule has 0 radical (unpaired) electrons. The molecular weight excluding hydrogens is 410 g/mol. The lowest BCUT2D eigenvalue weighted by molar-refractivity contribution is -0.384. The van der Waals surface area contributed by atoms with Crippen molar-refractivity contribution in [2.45, 2.75) is 17.2 Å². The Kier molecular flexibility index (Phi) is 5.29. The first-order valence-electron chi connectivity index (χ1n) is 8.12. The van der Waals surface area contributed by atoms with Crippen molar-refractivity contribution in [3.8, 4) is 0 Å². The largest absolute Gasteiger partial charge is 0.372 e. The molecule has 1 N–H and O–H groups in total. The third kappa shape index (κ3) is 3.78. The summed E-state index contributed by atoms with van der Waals surface area (Å²) in [7, 11) is -3.49. The van der Waals surface area contributed by atoms with Crippen LogP contribution in [0.1, 0.15) is 5.82 Å². The summed E-state index contributed by atoms with van der Waals surface area (Å²) in [6, 6.07) is 9.11. The summed E-state index contributed by atoms with van der Waals surface area (Å²) in [5.74, 6) is -3.43. The van der Waals surface area contributed by atoms with Gasteiger partial charge in [-0.2, -0.15) is 8.78 Å². The Morgan fingerprint density at radius 1 is 1.24 bits per heavy atom.